The van der Waals surface area contributed by atoms with E-state index in [1.807, 2.05) is 101 Å². The van der Waals surface area contributed by atoms with E-state index in [1.165, 1.54) is 4.90 Å². The van der Waals surface area contributed by atoms with Gasteiger partial charge in [0.05, 0.1) is 0 Å². The number of amides is 4. The highest BCUT2D eigenvalue weighted by Gasteiger charge is 2.37. The van der Waals surface area contributed by atoms with Gasteiger partial charge in [0.2, 0.25) is 11.8 Å². The van der Waals surface area contributed by atoms with Crippen molar-refractivity contribution in [1.29, 1.82) is 0 Å². The zero-order chi connectivity index (χ0) is 29.0. The van der Waals surface area contributed by atoms with Gasteiger partial charge in [0.15, 0.2) is 0 Å². The fraction of sp³-hybridized carbons (Fsp3) is 0.344. The molecule has 2 atom stereocenters. The van der Waals surface area contributed by atoms with Gasteiger partial charge in [-0.2, -0.15) is 0 Å². The van der Waals surface area contributed by atoms with Crippen LogP contribution in [0.2, 0.25) is 0 Å². The van der Waals surface area contributed by atoms with Gasteiger partial charge in [-0.25, -0.2) is 4.79 Å². The number of nitrogens with zero attached hydrogens (tertiary/aromatic N) is 2. The summed E-state index contributed by atoms with van der Waals surface area (Å²) in [5.41, 5.74) is 4.89. The Kier molecular flexibility index (Phi) is 8.47. The zero-order valence-electron chi connectivity index (χ0n) is 24.1. The van der Waals surface area contributed by atoms with Crippen molar-refractivity contribution < 1.29 is 14.4 Å². The molecule has 0 fully saturated rings. The molecule has 3 N–H and O–H groups in total. The molecule has 0 aromatic heterocycles. The summed E-state index contributed by atoms with van der Waals surface area (Å²) in [6.45, 7) is 7.58. The molecule has 0 radical (unpaired) electrons. The Morgan fingerprint density at radius 1 is 0.975 bits per heavy atom. The monoisotopic (exact) mass is 541 g/mol. The molecule has 0 bridgehead atoms. The molecule has 4 rings (SSSR count). The third-order valence-electron chi connectivity index (χ3n) is 6.86. The number of anilines is 3. The SMILES string of the molecule is Cc1ccc(C2CC(NC(=O)Nc3cccc(N(C)C)c3)C(=O)N(CC(=O)NC(C)(C)C)c3ccccc32)cc1. The number of aryl methyl sites for hydroxylation is 1. The van der Waals surface area contributed by atoms with E-state index in [2.05, 4.69) is 28.1 Å². The molecule has 3 aromatic carbocycles. The summed E-state index contributed by atoms with van der Waals surface area (Å²) in [6.07, 6.45) is 0.349. The van der Waals surface area contributed by atoms with E-state index in [0.717, 1.165) is 22.4 Å². The molecule has 4 amide bonds. The van der Waals surface area contributed by atoms with E-state index in [9.17, 15) is 14.4 Å². The number of fused-ring (bicyclic) bond motifs is 1. The Labute approximate surface area is 236 Å². The van der Waals surface area contributed by atoms with Crippen molar-refractivity contribution in [2.45, 2.75) is 51.6 Å². The maximum Gasteiger partial charge on any atom is 0.319 e. The summed E-state index contributed by atoms with van der Waals surface area (Å²) in [6, 6.07) is 22.0. The Bertz CT molecular complexity index is 1380. The average Bonchev–Trinajstić information content (AvgIpc) is 2.99. The molecule has 3 aromatic rings. The maximum atomic E-state index is 14.1. The van der Waals surface area contributed by atoms with Gasteiger partial charge in [0, 0.05) is 42.6 Å². The molecule has 0 spiro atoms. The Hall–Kier alpha value is -4.33. The quantitative estimate of drug-likeness (QED) is 0.408. The fourth-order valence-electron chi connectivity index (χ4n) is 4.99. The minimum atomic E-state index is -0.863. The highest BCUT2D eigenvalue weighted by molar-refractivity contribution is 6.05. The molecular weight excluding hydrogens is 502 g/mol. The second kappa shape index (κ2) is 11.8. The van der Waals surface area contributed by atoms with Crippen molar-refractivity contribution in [3.05, 3.63) is 89.5 Å². The Morgan fingerprint density at radius 3 is 2.35 bits per heavy atom. The van der Waals surface area contributed by atoms with E-state index in [4.69, 9.17) is 0 Å². The standard InChI is InChI=1S/C32H39N5O3/c1-21-14-16-22(17-15-21)26-19-27(34-31(40)33-23-10-9-11-24(18-23)36(5)6)30(39)37(20-29(38)35-32(2,3)4)28-13-8-7-12-25(26)28/h7-18,26-27H,19-20H2,1-6H3,(H,35,38)(H2,33,34,40). The average molecular weight is 542 g/mol. The van der Waals surface area contributed by atoms with Gasteiger partial charge in [-0.3, -0.25) is 9.59 Å². The van der Waals surface area contributed by atoms with Crippen LogP contribution in [0.4, 0.5) is 21.9 Å². The smallest absolute Gasteiger partial charge is 0.319 e. The number of hydrogen-bond donors (Lipinski definition) is 3. The summed E-state index contributed by atoms with van der Waals surface area (Å²) in [7, 11) is 3.85. The summed E-state index contributed by atoms with van der Waals surface area (Å²) in [5, 5.41) is 8.74. The van der Waals surface area contributed by atoms with Crippen LogP contribution in [0.1, 0.15) is 49.8 Å². The van der Waals surface area contributed by atoms with Crippen molar-refractivity contribution in [3.8, 4) is 0 Å². The van der Waals surface area contributed by atoms with Crippen LogP contribution in [0.25, 0.3) is 0 Å². The number of urea groups is 1. The van der Waals surface area contributed by atoms with Crippen LogP contribution in [0.5, 0.6) is 0 Å². The second-order valence-electron chi connectivity index (χ2n) is 11.6. The van der Waals surface area contributed by atoms with E-state index >= 15 is 0 Å². The first kappa shape index (κ1) is 28.7. The van der Waals surface area contributed by atoms with Crippen LogP contribution in [0.3, 0.4) is 0 Å². The predicted octanol–water partition coefficient (Wildman–Crippen LogP) is 5.03. The summed E-state index contributed by atoms with van der Waals surface area (Å²) >= 11 is 0. The van der Waals surface area contributed by atoms with Crippen LogP contribution in [-0.4, -0.2) is 50.1 Å². The lowest BCUT2D eigenvalue weighted by Crippen LogP contribution is -2.53. The zero-order valence-corrected chi connectivity index (χ0v) is 24.1. The number of rotatable bonds is 6. The lowest BCUT2D eigenvalue weighted by Gasteiger charge is -2.28. The van der Waals surface area contributed by atoms with E-state index in [0.29, 0.717) is 17.8 Å². The van der Waals surface area contributed by atoms with E-state index < -0.39 is 17.6 Å². The van der Waals surface area contributed by atoms with Gasteiger partial charge in [-0.1, -0.05) is 54.1 Å². The molecule has 1 aliphatic heterocycles. The number of carbonyl (C=O) groups excluding carboxylic acids is 3. The van der Waals surface area contributed by atoms with Crippen molar-refractivity contribution >= 4 is 34.9 Å². The molecule has 2 unspecified atom stereocenters. The summed E-state index contributed by atoms with van der Waals surface area (Å²) < 4.78 is 0. The first-order chi connectivity index (χ1) is 18.9. The first-order valence-electron chi connectivity index (χ1n) is 13.5. The van der Waals surface area contributed by atoms with Crippen molar-refractivity contribution in [3.63, 3.8) is 0 Å². The molecule has 8 heteroatoms. The molecule has 0 aliphatic carbocycles. The molecule has 8 nitrogen and oxygen atoms in total. The third-order valence-corrected chi connectivity index (χ3v) is 6.86. The van der Waals surface area contributed by atoms with E-state index in [1.54, 1.807) is 6.07 Å². The largest absolute Gasteiger partial charge is 0.378 e. The van der Waals surface area contributed by atoms with Gasteiger partial charge < -0.3 is 25.8 Å². The van der Waals surface area contributed by atoms with Crippen molar-refractivity contribution in [1.82, 2.24) is 10.6 Å². The van der Waals surface area contributed by atoms with Crippen molar-refractivity contribution in [2.75, 3.05) is 35.8 Å². The maximum absolute atomic E-state index is 14.1. The summed E-state index contributed by atoms with van der Waals surface area (Å²) in [4.78, 5) is 43.8. The van der Waals surface area contributed by atoms with Gasteiger partial charge >= 0.3 is 6.03 Å². The highest BCUT2D eigenvalue weighted by Crippen LogP contribution is 2.39. The molecule has 40 heavy (non-hydrogen) atoms. The van der Waals surface area contributed by atoms with Crippen LogP contribution < -0.4 is 25.8 Å². The molecule has 210 valence electrons. The molecule has 1 aliphatic rings. The van der Waals surface area contributed by atoms with E-state index in [-0.39, 0.29) is 24.3 Å². The Balaban J connectivity index is 1.68. The Morgan fingerprint density at radius 2 is 1.68 bits per heavy atom. The minimum Gasteiger partial charge on any atom is -0.378 e. The molecule has 0 saturated carbocycles. The number of para-hydroxylation sites is 1. The predicted molar refractivity (Wildman–Crippen MR) is 161 cm³/mol. The molecule has 0 saturated heterocycles. The number of benzene rings is 3. The summed E-state index contributed by atoms with van der Waals surface area (Å²) in [5.74, 6) is -0.768. The lowest BCUT2D eigenvalue weighted by molar-refractivity contribution is -0.125. The van der Waals surface area contributed by atoms with Crippen LogP contribution in [0, 0.1) is 6.92 Å². The van der Waals surface area contributed by atoms with Gasteiger partial charge in [0.25, 0.3) is 0 Å². The van der Waals surface area contributed by atoms with Gasteiger partial charge in [0.1, 0.15) is 12.6 Å². The topological polar surface area (TPSA) is 93.8 Å². The van der Waals surface area contributed by atoms with Gasteiger partial charge in [-0.15, -0.1) is 0 Å². The van der Waals surface area contributed by atoms with Crippen LogP contribution in [0.15, 0.2) is 72.8 Å². The highest BCUT2D eigenvalue weighted by atomic mass is 16.2. The lowest BCUT2D eigenvalue weighted by atomic mass is 9.86. The van der Waals surface area contributed by atoms with Crippen LogP contribution >= 0.6 is 0 Å². The first-order valence-corrected chi connectivity index (χ1v) is 13.5. The van der Waals surface area contributed by atoms with Gasteiger partial charge in [-0.05, 0) is 69.5 Å². The number of hydrogen-bond acceptors (Lipinski definition) is 4. The number of carbonyl (C=O) groups is 3. The normalized spacial score (nSPS) is 16.9. The third kappa shape index (κ3) is 7.00. The molecule has 1 heterocycles. The number of nitrogens with one attached hydrogen (secondary N) is 3. The fourth-order valence-corrected chi connectivity index (χ4v) is 4.99. The minimum absolute atomic E-state index is 0.154. The second-order valence-corrected chi connectivity index (χ2v) is 11.6. The van der Waals surface area contributed by atoms with Crippen molar-refractivity contribution in [2.24, 2.45) is 0 Å². The van der Waals surface area contributed by atoms with Crippen LogP contribution in [-0.2, 0) is 9.59 Å². The molecular formula is C32H39N5O3.